The fraction of sp³-hybridized carbons (Fsp3) is 0.560. The monoisotopic (exact) mass is 453 g/mol. The second kappa shape index (κ2) is 8.89. The number of fused-ring (bicyclic) bond motifs is 3. The third kappa shape index (κ3) is 4.53. The summed E-state index contributed by atoms with van der Waals surface area (Å²) in [5.41, 5.74) is 2.72. The highest BCUT2D eigenvalue weighted by Crippen LogP contribution is 2.30. The lowest BCUT2D eigenvalue weighted by Crippen LogP contribution is -2.42. The molecule has 1 aromatic carbocycles. The van der Waals surface area contributed by atoms with Gasteiger partial charge in [0.25, 0.3) is 0 Å². The van der Waals surface area contributed by atoms with Crippen molar-refractivity contribution in [1.29, 1.82) is 0 Å². The fourth-order valence-electron chi connectivity index (χ4n) is 5.13. The normalized spacial score (nSPS) is 22.3. The first kappa shape index (κ1) is 22.1. The van der Waals surface area contributed by atoms with Crippen molar-refractivity contribution in [3.05, 3.63) is 41.1 Å². The van der Waals surface area contributed by atoms with Crippen LogP contribution in [-0.4, -0.2) is 44.8 Å². The molecule has 3 aromatic rings. The predicted molar refractivity (Wildman–Crippen MR) is 124 cm³/mol. The average molecular weight is 454 g/mol. The Labute approximate surface area is 193 Å². The van der Waals surface area contributed by atoms with Crippen molar-refractivity contribution in [3.63, 3.8) is 0 Å². The third-order valence-electron chi connectivity index (χ3n) is 6.69. The zero-order valence-electron chi connectivity index (χ0n) is 19.8. The van der Waals surface area contributed by atoms with Gasteiger partial charge in [0, 0.05) is 30.1 Å². The molecular formula is C25H32FN5O2. The SMILES string of the molecule is COc1nc(C)c2nc(CC(C)C)n(Cc3ccc(OC4CC5CCC(C4)N5)cc3F)c2n1. The van der Waals surface area contributed by atoms with Gasteiger partial charge in [-0.15, -0.1) is 0 Å². The number of nitrogens with zero attached hydrogens (tertiary/aromatic N) is 4. The Morgan fingerprint density at radius 2 is 1.91 bits per heavy atom. The van der Waals surface area contributed by atoms with Crippen LogP contribution in [0.5, 0.6) is 11.8 Å². The quantitative estimate of drug-likeness (QED) is 0.578. The second-order valence-corrected chi connectivity index (χ2v) is 9.78. The van der Waals surface area contributed by atoms with Gasteiger partial charge in [-0.3, -0.25) is 0 Å². The maximum atomic E-state index is 15.2. The van der Waals surface area contributed by atoms with E-state index in [9.17, 15) is 0 Å². The van der Waals surface area contributed by atoms with Crippen LogP contribution in [0.3, 0.4) is 0 Å². The third-order valence-corrected chi connectivity index (χ3v) is 6.69. The highest BCUT2D eigenvalue weighted by atomic mass is 19.1. The van der Waals surface area contributed by atoms with E-state index >= 15 is 4.39 Å². The minimum Gasteiger partial charge on any atom is -0.490 e. The van der Waals surface area contributed by atoms with Crippen LogP contribution in [0.2, 0.25) is 0 Å². The summed E-state index contributed by atoms with van der Waals surface area (Å²) in [6, 6.07) is 6.57. The smallest absolute Gasteiger partial charge is 0.318 e. The van der Waals surface area contributed by atoms with E-state index in [0.29, 0.717) is 41.5 Å². The molecule has 4 heterocycles. The number of aromatic nitrogens is 4. The van der Waals surface area contributed by atoms with E-state index in [1.54, 1.807) is 7.11 Å². The standard InChI is InChI=1S/C25H32FN5O2/c1-14(2)9-22-29-23-15(3)27-25(32-4)30-24(23)31(22)13-16-5-8-19(12-21(16)26)33-20-10-17-6-7-18(11-20)28-17/h5,8,12,14,17-18,20,28H,6-7,9-11,13H2,1-4H3. The number of hydrogen-bond acceptors (Lipinski definition) is 6. The van der Waals surface area contributed by atoms with Crippen molar-refractivity contribution in [2.45, 2.75) is 77.6 Å². The minimum atomic E-state index is -0.278. The number of halogens is 1. The summed E-state index contributed by atoms with van der Waals surface area (Å²) >= 11 is 0. The van der Waals surface area contributed by atoms with Crippen molar-refractivity contribution < 1.29 is 13.9 Å². The average Bonchev–Trinajstić information content (AvgIpc) is 3.28. The van der Waals surface area contributed by atoms with E-state index in [1.165, 1.54) is 18.9 Å². The zero-order chi connectivity index (χ0) is 23.1. The van der Waals surface area contributed by atoms with E-state index in [2.05, 4.69) is 29.1 Å². The molecule has 0 saturated carbocycles. The second-order valence-electron chi connectivity index (χ2n) is 9.78. The molecule has 7 nitrogen and oxygen atoms in total. The van der Waals surface area contributed by atoms with Gasteiger partial charge in [-0.25, -0.2) is 9.37 Å². The first-order chi connectivity index (χ1) is 15.9. The zero-order valence-corrected chi connectivity index (χ0v) is 19.8. The molecule has 0 spiro atoms. The summed E-state index contributed by atoms with van der Waals surface area (Å²) in [6.07, 6.45) is 5.31. The largest absolute Gasteiger partial charge is 0.490 e. The maximum absolute atomic E-state index is 15.2. The topological polar surface area (TPSA) is 74.1 Å². The Bertz CT molecular complexity index is 1150. The molecule has 1 N–H and O–H groups in total. The molecule has 2 bridgehead atoms. The molecule has 0 aliphatic carbocycles. The lowest BCUT2D eigenvalue weighted by molar-refractivity contribution is 0.137. The fourth-order valence-corrected chi connectivity index (χ4v) is 5.13. The Morgan fingerprint density at radius 1 is 1.15 bits per heavy atom. The molecular weight excluding hydrogens is 421 g/mol. The summed E-state index contributed by atoms with van der Waals surface area (Å²) in [5, 5.41) is 3.61. The summed E-state index contributed by atoms with van der Waals surface area (Å²) < 4.78 is 28.6. The highest BCUT2D eigenvalue weighted by Gasteiger charge is 2.34. The molecule has 2 saturated heterocycles. The van der Waals surface area contributed by atoms with Gasteiger partial charge in [-0.1, -0.05) is 19.9 Å². The van der Waals surface area contributed by atoms with Gasteiger partial charge in [-0.2, -0.15) is 9.97 Å². The Hall–Kier alpha value is -2.74. The molecule has 5 rings (SSSR count). The van der Waals surface area contributed by atoms with Gasteiger partial charge in [0.1, 0.15) is 29.0 Å². The van der Waals surface area contributed by atoms with E-state index in [-0.39, 0.29) is 17.9 Å². The van der Waals surface area contributed by atoms with Crippen molar-refractivity contribution in [1.82, 2.24) is 24.8 Å². The number of piperidine rings is 1. The number of rotatable bonds is 7. The maximum Gasteiger partial charge on any atom is 0.318 e. The Morgan fingerprint density at radius 3 is 2.58 bits per heavy atom. The van der Waals surface area contributed by atoms with Crippen molar-refractivity contribution >= 4 is 11.2 Å². The van der Waals surface area contributed by atoms with Crippen molar-refractivity contribution in [2.75, 3.05) is 7.11 Å². The number of aryl methyl sites for hydroxylation is 1. The van der Waals surface area contributed by atoms with Crippen LogP contribution in [-0.2, 0) is 13.0 Å². The van der Waals surface area contributed by atoms with Gasteiger partial charge in [-0.05, 0) is 44.6 Å². The van der Waals surface area contributed by atoms with Gasteiger partial charge in [0.15, 0.2) is 5.65 Å². The van der Waals surface area contributed by atoms with Crippen molar-refractivity contribution in [2.24, 2.45) is 5.92 Å². The first-order valence-electron chi connectivity index (χ1n) is 11.9. The summed E-state index contributed by atoms with van der Waals surface area (Å²) in [5.74, 6) is 1.59. The van der Waals surface area contributed by atoms with Crippen molar-refractivity contribution in [3.8, 4) is 11.8 Å². The van der Waals surface area contributed by atoms with E-state index in [4.69, 9.17) is 14.5 Å². The van der Waals surface area contributed by atoms with Gasteiger partial charge >= 0.3 is 6.01 Å². The molecule has 176 valence electrons. The van der Waals surface area contributed by atoms with Gasteiger partial charge < -0.3 is 19.4 Å². The number of methoxy groups -OCH3 is 1. The number of nitrogens with one attached hydrogen (secondary N) is 1. The van der Waals surface area contributed by atoms with Crippen LogP contribution in [0.4, 0.5) is 4.39 Å². The molecule has 0 radical (unpaired) electrons. The van der Waals surface area contributed by atoms with Crippen LogP contribution in [0.15, 0.2) is 18.2 Å². The number of imidazole rings is 1. The van der Waals surface area contributed by atoms with Crippen LogP contribution in [0.25, 0.3) is 11.2 Å². The molecule has 2 unspecified atom stereocenters. The predicted octanol–water partition coefficient (Wildman–Crippen LogP) is 4.19. The molecule has 2 aliphatic heterocycles. The van der Waals surface area contributed by atoms with E-state index in [1.807, 2.05) is 23.6 Å². The van der Waals surface area contributed by atoms with E-state index in [0.717, 1.165) is 36.3 Å². The van der Waals surface area contributed by atoms with Gasteiger partial charge in [0.2, 0.25) is 0 Å². The van der Waals surface area contributed by atoms with E-state index < -0.39 is 0 Å². The highest BCUT2D eigenvalue weighted by molar-refractivity contribution is 5.74. The van der Waals surface area contributed by atoms with Crippen LogP contribution < -0.4 is 14.8 Å². The lowest BCUT2D eigenvalue weighted by atomic mass is 10.0. The first-order valence-corrected chi connectivity index (χ1v) is 11.9. The van der Waals surface area contributed by atoms with Crippen LogP contribution in [0, 0.1) is 18.7 Å². The molecule has 2 fully saturated rings. The molecule has 2 aromatic heterocycles. The lowest BCUT2D eigenvalue weighted by Gasteiger charge is -2.29. The Balaban J connectivity index is 1.42. The molecule has 8 heteroatoms. The molecule has 2 aliphatic rings. The summed E-state index contributed by atoms with van der Waals surface area (Å²) in [4.78, 5) is 13.7. The van der Waals surface area contributed by atoms with Gasteiger partial charge in [0.05, 0.1) is 19.3 Å². The van der Waals surface area contributed by atoms with Crippen LogP contribution in [0.1, 0.15) is 56.6 Å². The summed E-state index contributed by atoms with van der Waals surface area (Å²) in [6.45, 7) is 6.51. The number of hydrogen-bond donors (Lipinski definition) is 1. The summed E-state index contributed by atoms with van der Waals surface area (Å²) in [7, 11) is 1.54. The number of ether oxygens (including phenoxy) is 2. The van der Waals surface area contributed by atoms with Crippen LogP contribution >= 0.6 is 0 Å². The minimum absolute atomic E-state index is 0.149. The molecule has 2 atom stereocenters. The molecule has 33 heavy (non-hydrogen) atoms. The Kier molecular flexibility index (Phi) is 5.95. The molecule has 0 amide bonds. The number of benzene rings is 1.